The molecule has 1 saturated heterocycles. The lowest BCUT2D eigenvalue weighted by Crippen LogP contribution is -2.42. The summed E-state index contributed by atoms with van der Waals surface area (Å²) in [6.45, 7) is 5.33. The Labute approximate surface area is 180 Å². The largest absolute Gasteiger partial charge is 0.364 e. The number of aryl methyl sites for hydroxylation is 2. The van der Waals surface area contributed by atoms with Crippen molar-refractivity contribution in [1.29, 1.82) is 0 Å². The monoisotopic (exact) mass is 421 g/mol. The average molecular weight is 422 g/mol. The molecule has 0 bridgehead atoms. The summed E-state index contributed by atoms with van der Waals surface area (Å²) in [6.07, 6.45) is 8.07. The molecule has 10 nitrogen and oxygen atoms in total. The summed E-state index contributed by atoms with van der Waals surface area (Å²) >= 11 is 0. The van der Waals surface area contributed by atoms with Crippen molar-refractivity contribution in [2.45, 2.75) is 57.8 Å². The maximum Gasteiger partial charge on any atom is 0.239 e. The van der Waals surface area contributed by atoms with Crippen molar-refractivity contribution in [3.63, 3.8) is 0 Å². The lowest BCUT2D eigenvalue weighted by molar-refractivity contribution is -0.132. The van der Waals surface area contributed by atoms with Gasteiger partial charge in [-0.3, -0.25) is 4.79 Å². The smallest absolute Gasteiger partial charge is 0.239 e. The number of aromatic nitrogens is 6. The summed E-state index contributed by atoms with van der Waals surface area (Å²) in [5, 5.41) is 6.84. The molecule has 0 unspecified atom stereocenters. The lowest BCUT2D eigenvalue weighted by Gasteiger charge is -2.20. The molecule has 1 saturated carbocycles. The van der Waals surface area contributed by atoms with Crippen LogP contribution in [0.1, 0.15) is 32.0 Å². The standard InChI is InChI=1S/C21H27N9O/c1-4-30-19(13-8-22-12(2)23-9-13)28-17-18(25-11-26-20(17)30)27-14-7-16(24-10-14)21(31)29(3)15-5-6-15/h8-9,11,14-16,24H,4-7,10H2,1-3H3,(H,25,26,27)/t14-,16-/m1/s1. The minimum absolute atomic E-state index is 0.0950. The fraction of sp³-hybridized carbons (Fsp3) is 0.524. The Morgan fingerprint density at radius 1 is 1.26 bits per heavy atom. The number of carbonyl (C=O) groups excluding carboxylic acids is 1. The third kappa shape index (κ3) is 3.71. The summed E-state index contributed by atoms with van der Waals surface area (Å²) in [7, 11) is 1.91. The number of nitrogens with one attached hydrogen (secondary N) is 2. The summed E-state index contributed by atoms with van der Waals surface area (Å²) in [6, 6.07) is 0.358. The number of amides is 1. The van der Waals surface area contributed by atoms with Gasteiger partial charge in [-0.15, -0.1) is 0 Å². The molecular formula is C21H27N9O. The zero-order valence-electron chi connectivity index (χ0n) is 18.0. The van der Waals surface area contributed by atoms with E-state index in [1.165, 1.54) is 0 Å². The molecule has 0 aromatic carbocycles. The van der Waals surface area contributed by atoms with Crippen molar-refractivity contribution < 1.29 is 4.79 Å². The summed E-state index contributed by atoms with van der Waals surface area (Å²) in [5.74, 6) is 2.35. The van der Waals surface area contributed by atoms with Crippen LogP contribution in [0, 0.1) is 6.92 Å². The molecule has 3 aromatic heterocycles. The van der Waals surface area contributed by atoms with E-state index in [0.29, 0.717) is 36.9 Å². The van der Waals surface area contributed by atoms with Crippen LogP contribution in [-0.4, -0.2) is 72.0 Å². The van der Waals surface area contributed by atoms with Gasteiger partial charge in [-0.05, 0) is 33.1 Å². The first kappa shape index (κ1) is 19.8. The van der Waals surface area contributed by atoms with Crippen LogP contribution in [0.3, 0.4) is 0 Å². The van der Waals surface area contributed by atoms with Crippen LogP contribution in [0.5, 0.6) is 0 Å². The molecule has 0 radical (unpaired) electrons. The minimum atomic E-state index is -0.158. The van der Waals surface area contributed by atoms with Crippen molar-refractivity contribution in [3.05, 3.63) is 24.5 Å². The maximum atomic E-state index is 12.7. The number of hydrogen-bond donors (Lipinski definition) is 2. The Hall–Kier alpha value is -3.14. The van der Waals surface area contributed by atoms with Crippen molar-refractivity contribution in [1.82, 2.24) is 39.7 Å². The molecule has 0 spiro atoms. The predicted molar refractivity (Wildman–Crippen MR) is 116 cm³/mol. The van der Waals surface area contributed by atoms with E-state index in [4.69, 9.17) is 4.98 Å². The van der Waals surface area contributed by atoms with Gasteiger partial charge in [0.25, 0.3) is 0 Å². The second-order valence-electron chi connectivity index (χ2n) is 8.31. The van der Waals surface area contributed by atoms with E-state index in [1.54, 1.807) is 18.7 Å². The second-order valence-corrected chi connectivity index (χ2v) is 8.31. The first-order valence-corrected chi connectivity index (χ1v) is 10.8. The molecular weight excluding hydrogens is 394 g/mol. The first-order chi connectivity index (χ1) is 15.0. The zero-order valence-corrected chi connectivity index (χ0v) is 18.0. The van der Waals surface area contributed by atoms with Gasteiger partial charge < -0.3 is 20.1 Å². The Balaban J connectivity index is 1.39. The average Bonchev–Trinajstić information content (AvgIpc) is 3.41. The maximum absolute atomic E-state index is 12.7. The highest BCUT2D eigenvalue weighted by Gasteiger charge is 2.37. The summed E-state index contributed by atoms with van der Waals surface area (Å²) < 4.78 is 2.04. The van der Waals surface area contributed by atoms with Crippen LogP contribution < -0.4 is 10.6 Å². The van der Waals surface area contributed by atoms with Crippen LogP contribution in [0.4, 0.5) is 5.82 Å². The number of imidazole rings is 1. The molecule has 10 heteroatoms. The Bertz CT molecular complexity index is 1110. The van der Waals surface area contributed by atoms with Gasteiger partial charge in [0, 0.05) is 44.6 Å². The van der Waals surface area contributed by atoms with E-state index in [1.807, 2.05) is 23.4 Å². The number of rotatable bonds is 6. The minimum Gasteiger partial charge on any atom is -0.364 e. The van der Waals surface area contributed by atoms with Crippen molar-refractivity contribution in [2.75, 3.05) is 18.9 Å². The molecule has 1 aliphatic heterocycles. The normalized spacial score (nSPS) is 20.9. The highest BCUT2D eigenvalue weighted by molar-refractivity contribution is 5.87. The molecule has 2 aliphatic rings. The van der Waals surface area contributed by atoms with Gasteiger partial charge in [0.05, 0.1) is 11.6 Å². The lowest BCUT2D eigenvalue weighted by atomic mass is 10.1. The van der Waals surface area contributed by atoms with Crippen molar-refractivity contribution >= 4 is 22.9 Å². The summed E-state index contributed by atoms with van der Waals surface area (Å²) in [4.78, 5) is 37.0. The molecule has 3 aromatic rings. The molecule has 162 valence electrons. The molecule has 2 atom stereocenters. The van der Waals surface area contributed by atoms with Crippen LogP contribution in [0.25, 0.3) is 22.6 Å². The van der Waals surface area contributed by atoms with Crippen LogP contribution in [-0.2, 0) is 11.3 Å². The number of anilines is 1. The zero-order chi connectivity index (χ0) is 21.5. The van der Waals surface area contributed by atoms with E-state index in [9.17, 15) is 4.79 Å². The third-order valence-electron chi connectivity index (χ3n) is 6.10. The fourth-order valence-electron chi connectivity index (χ4n) is 4.18. The van der Waals surface area contributed by atoms with Gasteiger partial charge in [-0.2, -0.15) is 0 Å². The number of carbonyl (C=O) groups is 1. The van der Waals surface area contributed by atoms with Gasteiger partial charge in [0.2, 0.25) is 5.91 Å². The number of fused-ring (bicyclic) bond motifs is 1. The van der Waals surface area contributed by atoms with Gasteiger partial charge in [-0.1, -0.05) is 0 Å². The molecule has 1 aliphatic carbocycles. The fourth-order valence-corrected chi connectivity index (χ4v) is 4.18. The van der Waals surface area contributed by atoms with Crippen LogP contribution in [0.2, 0.25) is 0 Å². The van der Waals surface area contributed by atoms with Gasteiger partial charge in [-0.25, -0.2) is 24.9 Å². The van der Waals surface area contributed by atoms with Crippen LogP contribution in [0.15, 0.2) is 18.7 Å². The molecule has 2 fully saturated rings. The molecule has 31 heavy (non-hydrogen) atoms. The van der Waals surface area contributed by atoms with Crippen molar-refractivity contribution in [2.24, 2.45) is 0 Å². The Morgan fingerprint density at radius 3 is 2.74 bits per heavy atom. The summed E-state index contributed by atoms with van der Waals surface area (Å²) in [5.41, 5.74) is 2.32. The predicted octanol–water partition coefficient (Wildman–Crippen LogP) is 1.37. The first-order valence-electron chi connectivity index (χ1n) is 10.8. The topological polar surface area (TPSA) is 114 Å². The quantitative estimate of drug-likeness (QED) is 0.614. The van der Waals surface area contributed by atoms with E-state index in [-0.39, 0.29) is 18.0 Å². The van der Waals surface area contributed by atoms with E-state index < -0.39 is 0 Å². The van der Waals surface area contributed by atoms with Crippen molar-refractivity contribution in [3.8, 4) is 11.4 Å². The molecule has 1 amide bonds. The van der Waals surface area contributed by atoms with Gasteiger partial charge >= 0.3 is 0 Å². The molecule has 2 N–H and O–H groups in total. The number of hydrogen-bond acceptors (Lipinski definition) is 8. The SMILES string of the molecule is CCn1c(-c2cnc(C)nc2)nc2c(N[C@H]3CN[C@@H](C(=O)N(C)C4CC4)C3)ncnc21. The van der Waals surface area contributed by atoms with Crippen LogP contribution >= 0.6 is 0 Å². The van der Waals surface area contributed by atoms with E-state index in [0.717, 1.165) is 35.7 Å². The Morgan fingerprint density at radius 2 is 2.03 bits per heavy atom. The molecule has 5 rings (SSSR count). The van der Waals surface area contributed by atoms with E-state index in [2.05, 4.69) is 37.5 Å². The number of likely N-dealkylation sites (N-methyl/N-ethyl adjacent to an activating group) is 1. The molecule has 4 heterocycles. The third-order valence-corrected chi connectivity index (χ3v) is 6.10. The van der Waals surface area contributed by atoms with E-state index >= 15 is 0 Å². The second kappa shape index (κ2) is 7.84. The Kier molecular flexibility index (Phi) is 5.01. The number of nitrogens with zero attached hydrogens (tertiary/aromatic N) is 7. The highest BCUT2D eigenvalue weighted by Crippen LogP contribution is 2.29. The van der Waals surface area contributed by atoms with Gasteiger partial charge in [0.15, 0.2) is 17.0 Å². The van der Waals surface area contributed by atoms with Gasteiger partial charge in [0.1, 0.15) is 18.0 Å². The highest BCUT2D eigenvalue weighted by atomic mass is 16.2.